The molecule has 3 amide bonds. The van der Waals surface area contributed by atoms with Crippen molar-refractivity contribution in [2.75, 3.05) is 0 Å². The monoisotopic (exact) mass is 546 g/mol. The van der Waals surface area contributed by atoms with E-state index in [1.807, 2.05) is 0 Å². The zero-order valence-corrected chi connectivity index (χ0v) is 20.7. The second-order valence-electron chi connectivity index (χ2n) is 8.63. The molecule has 4 atom stereocenters. The molecule has 9 N–H and O–H groups in total. The van der Waals surface area contributed by atoms with Crippen molar-refractivity contribution in [1.82, 2.24) is 25.9 Å². The number of nitrogens with zero attached hydrogens (tertiary/aromatic N) is 1. The number of carboxylic acids is 3. The number of carbonyl (C=O) groups excluding carboxylic acids is 3. The van der Waals surface area contributed by atoms with E-state index < -0.39 is 79.1 Å². The maximum atomic E-state index is 13.2. The summed E-state index contributed by atoms with van der Waals surface area (Å²) >= 11 is 0. The molecule has 1 aromatic carbocycles. The molecular weight excluding hydrogens is 516 g/mol. The van der Waals surface area contributed by atoms with Crippen molar-refractivity contribution >= 4 is 35.6 Å². The molecule has 39 heavy (non-hydrogen) atoms. The van der Waals surface area contributed by atoms with Crippen LogP contribution < -0.4 is 21.7 Å². The molecule has 0 aliphatic carbocycles. The highest BCUT2D eigenvalue weighted by Gasteiger charge is 2.31. The fraction of sp³-hybridized carbons (Fsp3) is 0.375. The number of carboxylic acid groups (broad SMARTS) is 3. The van der Waals surface area contributed by atoms with Crippen LogP contribution in [0.15, 0.2) is 42.9 Å². The Morgan fingerprint density at radius 3 is 2.00 bits per heavy atom. The summed E-state index contributed by atoms with van der Waals surface area (Å²) in [5.41, 5.74) is 6.60. The Kier molecular flexibility index (Phi) is 11.6. The van der Waals surface area contributed by atoms with Gasteiger partial charge >= 0.3 is 17.9 Å². The van der Waals surface area contributed by atoms with E-state index in [0.717, 1.165) is 0 Å². The van der Waals surface area contributed by atoms with Gasteiger partial charge in [0, 0.05) is 31.2 Å². The molecule has 15 heteroatoms. The molecule has 0 bridgehead atoms. The van der Waals surface area contributed by atoms with Crippen LogP contribution in [0.4, 0.5) is 0 Å². The summed E-state index contributed by atoms with van der Waals surface area (Å²) in [5.74, 6) is -6.75. The molecule has 4 unspecified atom stereocenters. The lowest BCUT2D eigenvalue weighted by Gasteiger charge is -2.25. The van der Waals surface area contributed by atoms with E-state index >= 15 is 0 Å². The maximum Gasteiger partial charge on any atom is 0.326 e. The minimum Gasteiger partial charge on any atom is -0.481 e. The Labute approximate surface area is 222 Å². The predicted octanol–water partition coefficient (Wildman–Crippen LogP) is -1.60. The van der Waals surface area contributed by atoms with Gasteiger partial charge in [-0.25, -0.2) is 9.78 Å². The number of rotatable bonds is 16. The summed E-state index contributed by atoms with van der Waals surface area (Å²) in [6.07, 6.45) is 0.876. The molecule has 0 aliphatic heterocycles. The molecule has 2 rings (SSSR count). The van der Waals surface area contributed by atoms with Gasteiger partial charge in [0.05, 0.1) is 18.8 Å². The Balaban J connectivity index is 2.22. The number of hydrogen-bond acceptors (Lipinski definition) is 8. The topological polar surface area (TPSA) is 254 Å². The Hall–Kier alpha value is -4.79. The van der Waals surface area contributed by atoms with Gasteiger partial charge in [0.2, 0.25) is 17.7 Å². The number of aromatic amines is 1. The van der Waals surface area contributed by atoms with Crippen molar-refractivity contribution in [3.05, 3.63) is 54.1 Å². The number of H-pyrrole nitrogens is 1. The molecule has 0 aliphatic rings. The minimum absolute atomic E-state index is 0.0363. The van der Waals surface area contributed by atoms with E-state index in [-0.39, 0.29) is 12.8 Å². The molecule has 0 saturated carbocycles. The standard InChI is InChI=1S/C24H30N6O9/c25-15(10-20(33)34)21(35)28-16(6-7-19(31)32)22(36)29-17(9-14-11-26-12-27-14)23(37)30-18(24(38)39)8-13-4-2-1-3-5-13/h1-5,11-12,15-18H,6-10,25H2,(H,26,27)(H,28,35)(H,29,36)(H,30,37)(H,31,32)(H,33,34)(H,38,39). The Morgan fingerprint density at radius 1 is 0.821 bits per heavy atom. The van der Waals surface area contributed by atoms with Crippen LogP contribution in [0, 0.1) is 0 Å². The van der Waals surface area contributed by atoms with Gasteiger partial charge in [0.1, 0.15) is 18.1 Å². The van der Waals surface area contributed by atoms with Gasteiger partial charge in [-0.2, -0.15) is 0 Å². The number of carbonyl (C=O) groups is 6. The second-order valence-corrected chi connectivity index (χ2v) is 8.63. The van der Waals surface area contributed by atoms with Crippen molar-refractivity contribution in [1.29, 1.82) is 0 Å². The SMILES string of the molecule is NC(CC(=O)O)C(=O)NC(CCC(=O)O)C(=O)NC(Cc1cnc[nH]1)C(=O)NC(Cc1ccccc1)C(=O)O. The number of nitrogens with two attached hydrogens (primary N) is 1. The van der Waals surface area contributed by atoms with Crippen LogP contribution in [-0.4, -0.2) is 85.1 Å². The molecule has 1 heterocycles. The lowest BCUT2D eigenvalue weighted by Crippen LogP contribution is -2.58. The number of aliphatic carboxylic acids is 3. The van der Waals surface area contributed by atoms with Crippen LogP contribution in [0.25, 0.3) is 0 Å². The molecule has 2 aromatic rings. The average Bonchev–Trinajstić information content (AvgIpc) is 3.38. The van der Waals surface area contributed by atoms with Gasteiger partial charge in [0.25, 0.3) is 0 Å². The number of hydrogen-bond donors (Lipinski definition) is 8. The van der Waals surface area contributed by atoms with Crippen LogP contribution in [0.3, 0.4) is 0 Å². The summed E-state index contributed by atoms with van der Waals surface area (Å²) in [7, 11) is 0. The Morgan fingerprint density at radius 2 is 1.44 bits per heavy atom. The number of imidazole rings is 1. The zero-order chi connectivity index (χ0) is 28.9. The van der Waals surface area contributed by atoms with Gasteiger partial charge in [-0.05, 0) is 12.0 Å². The Bertz CT molecular complexity index is 1160. The summed E-state index contributed by atoms with van der Waals surface area (Å²) in [6, 6.07) is 2.88. The number of amides is 3. The van der Waals surface area contributed by atoms with E-state index in [1.54, 1.807) is 30.3 Å². The van der Waals surface area contributed by atoms with Crippen LogP contribution in [0.2, 0.25) is 0 Å². The number of benzene rings is 1. The summed E-state index contributed by atoms with van der Waals surface area (Å²) in [5, 5.41) is 34.6. The smallest absolute Gasteiger partial charge is 0.326 e. The minimum atomic E-state index is -1.51. The molecule has 0 saturated heterocycles. The van der Waals surface area contributed by atoms with Crippen LogP contribution in [0.5, 0.6) is 0 Å². The lowest BCUT2D eigenvalue weighted by atomic mass is 10.0. The third kappa shape index (κ3) is 10.6. The highest BCUT2D eigenvalue weighted by molar-refractivity contribution is 5.95. The van der Waals surface area contributed by atoms with Crippen molar-refractivity contribution in [3.8, 4) is 0 Å². The van der Waals surface area contributed by atoms with E-state index in [9.17, 15) is 33.9 Å². The molecule has 1 aromatic heterocycles. The summed E-state index contributed by atoms with van der Waals surface area (Å²) < 4.78 is 0. The number of nitrogens with one attached hydrogen (secondary N) is 4. The van der Waals surface area contributed by atoms with Crippen LogP contribution in [-0.2, 0) is 41.6 Å². The maximum absolute atomic E-state index is 13.2. The normalized spacial score (nSPS) is 13.8. The first-order valence-corrected chi connectivity index (χ1v) is 11.8. The molecule has 210 valence electrons. The lowest BCUT2D eigenvalue weighted by molar-refractivity contribution is -0.142. The number of aromatic nitrogens is 2. The third-order valence-electron chi connectivity index (χ3n) is 5.52. The fourth-order valence-corrected chi connectivity index (χ4v) is 3.52. The average molecular weight is 547 g/mol. The summed E-state index contributed by atoms with van der Waals surface area (Å²) in [4.78, 5) is 79.0. The van der Waals surface area contributed by atoms with Crippen molar-refractivity contribution in [3.63, 3.8) is 0 Å². The molecule has 0 spiro atoms. The second kappa shape index (κ2) is 14.8. The summed E-state index contributed by atoms with van der Waals surface area (Å²) in [6.45, 7) is 0. The van der Waals surface area contributed by atoms with E-state index in [2.05, 4.69) is 25.9 Å². The van der Waals surface area contributed by atoms with Gasteiger partial charge < -0.3 is 42.0 Å². The molecular formula is C24H30N6O9. The first kappa shape index (κ1) is 30.4. The third-order valence-corrected chi connectivity index (χ3v) is 5.52. The van der Waals surface area contributed by atoms with Crippen molar-refractivity contribution in [2.24, 2.45) is 5.73 Å². The van der Waals surface area contributed by atoms with Gasteiger partial charge in [0.15, 0.2) is 0 Å². The fourth-order valence-electron chi connectivity index (χ4n) is 3.52. The van der Waals surface area contributed by atoms with Crippen LogP contribution >= 0.6 is 0 Å². The van der Waals surface area contributed by atoms with Crippen molar-refractivity contribution in [2.45, 2.75) is 56.3 Å². The van der Waals surface area contributed by atoms with E-state index in [0.29, 0.717) is 11.3 Å². The zero-order valence-electron chi connectivity index (χ0n) is 20.7. The molecule has 15 nitrogen and oxygen atoms in total. The van der Waals surface area contributed by atoms with E-state index in [4.69, 9.17) is 15.9 Å². The van der Waals surface area contributed by atoms with Gasteiger partial charge in [-0.3, -0.25) is 24.0 Å². The highest BCUT2D eigenvalue weighted by Crippen LogP contribution is 2.07. The quantitative estimate of drug-likeness (QED) is 0.119. The first-order chi connectivity index (χ1) is 18.5. The van der Waals surface area contributed by atoms with Crippen LogP contribution in [0.1, 0.15) is 30.5 Å². The van der Waals surface area contributed by atoms with E-state index in [1.165, 1.54) is 12.5 Å². The van der Waals surface area contributed by atoms with Gasteiger partial charge in [-0.15, -0.1) is 0 Å². The molecule has 0 fully saturated rings. The molecule has 0 radical (unpaired) electrons. The highest BCUT2D eigenvalue weighted by atomic mass is 16.4. The largest absolute Gasteiger partial charge is 0.481 e. The first-order valence-electron chi connectivity index (χ1n) is 11.8. The predicted molar refractivity (Wildman–Crippen MR) is 133 cm³/mol. The van der Waals surface area contributed by atoms with Gasteiger partial charge in [-0.1, -0.05) is 30.3 Å². The van der Waals surface area contributed by atoms with Crippen molar-refractivity contribution < 1.29 is 44.1 Å².